The fourth-order valence-corrected chi connectivity index (χ4v) is 5.43. The number of carbonyl (C=O) groups excluding carboxylic acids is 1. The maximum absolute atomic E-state index is 14.4. The van der Waals surface area contributed by atoms with E-state index in [1.165, 1.54) is 48.2 Å². The SMILES string of the molecule is COc1ccc(S(=O)(=O)N(Cc2cc(F)c(F)cc2F)[C@H](Cc2cccs2)C(=O)NO)cc1. The number of thiophene rings is 1. The number of hydrogen-bond donors (Lipinski definition) is 2. The maximum atomic E-state index is 14.4. The molecule has 7 nitrogen and oxygen atoms in total. The Morgan fingerprint density at radius 1 is 1.12 bits per heavy atom. The van der Waals surface area contributed by atoms with Crippen LogP contribution in [-0.4, -0.2) is 37.0 Å². The third-order valence-corrected chi connectivity index (χ3v) is 7.58. The van der Waals surface area contributed by atoms with Crippen molar-refractivity contribution in [1.82, 2.24) is 9.79 Å². The molecule has 3 aromatic rings. The van der Waals surface area contributed by atoms with Gasteiger partial charge in [0.2, 0.25) is 10.0 Å². The number of methoxy groups -OCH3 is 1. The molecule has 0 bridgehead atoms. The molecule has 176 valence electrons. The predicted molar refractivity (Wildman–Crippen MR) is 114 cm³/mol. The molecule has 2 N–H and O–H groups in total. The van der Waals surface area contributed by atoms with E-state index in [1.807, 2.05) is 0 Å². The zero-order chi connectivity index (χ0) is 24.2. The van der Waals surface area contributed by atoms with Crippen molar-refractivity contribution in [2.24, 2.45) is 0 Å². The molecule has 1 amide bonds. The predicted octanol–water partition coefficient (Wildman–Crippen LogP) is 3.48. The van der Waals surface area contributed by atoms with E-state index in [-0.39, 0.29) is 11.3 Å². The van der Waals surface area contributed by atoms with E-state index in [4.69, 9.17) is 4.74 Å². The highest BCUT2D eigenvalue weighted by molar-refractivity contribution is 7.89. The summed E-state index contributed by atoms with van der Waals surface area (Å²) in [4.78, 5) is 12.9. The minimum Gasteiger partial charge on any atom is -0.497 e. The zero-order valence-electron chi connectivity index (χ0n) is 17.2. The molecular formula is C21H19F3N2O5S2. The summed E-state index contributed by atoms with van der Waals surface area (Å²) in [6, 6.07) is 7.83. The molecule has 1 atom stereocenters. The van der Waals surface area contributed by atoms with Crippen LogP contribution >= 0.6 is 11.3 Å². The van der Waals surface area contributed by atoms with Gasteiger partial charge >= 0.3 is 0 Å². The lowest BCUT2D eigenvalue weighted by atomic mass is 10.1. The Morgan fingerprint density at radius 3 is 2.36 bits per heavy atom. The van der Waals surface area contributed by atoms with Crippen LogP contribution in [0.2, 0.25) is 0 Å². The van der Waals surface area contributed by atoms with Crippen LogP contribution in [0.5, 0.6) is 5.75 Å². The monoisotopic (exact) mass is 500 g/mol. The molecular weight excluding hydrogens is 481 g/mol. The first-order valence-corrected chi connectivity index (χ1v) is 11.7. The van der Waals surface area contributed by atoms with Gasteiger partial charge in [0, 0.05) is 29.5 Å². The van der Waals surface area contributed by atoms with Gasteiger partial charge in [0.15, 0.2) is 11.6 Å². The molecule has 2 aromatic carbocycles. The van der Waals surface area contributed by atoms with Crippen molar-refractivity contribution < 1.29 is 36.3 Å². The molecule has 0 fully saturated rings. The standard InChI is InChI=1S/C21H19F3N2O5S2/c1-31-14-4-6-16(7-5-14)33(29,30)26(12-13-9-18(23)19(24)11-17(13)22)20(21(27)25-28)10-15-3-2-8-32-15/h2-9,11,20,28H,10,12H2,1H3,(H,25,27)/t20-/m1/s1. The quantitative estimate of drug-likeness (QED) is 0.267. The highest BCUT2D eigenvalue weighted by Gasteiger charge is 2.37. The van der Waals surface area contributed by atoms with Crippen LogP contribution < -0.4 is 10.2 Å². The van der Waals surface area contributed by atoms with Crippen molar-refractivity contribution in [3.8, 4) is 5.75 Å². The number of benzene rings is 2. The lowest BCUT2D eigenvalue weighted by molar-refractivity contribution is -0.133. The summed E-state index contributed by atoms with van der Waals surface area (Å²) in [5.74, 6) is -4.72. The molecule has 0 aliphatic rings. The van der Waals surface area contributed by atoms with Gasteiger partial charge in [-0.15, -0.1) is 11.3 Å². The van der Waals surface area contributed by atoms with Crippen LogP contribution in [0.15, 0.2) is 58.8 Å². The summed E-state index contributed by atoms with van der Waals surface area (Å²) < 4.78 is 74.3. The third kappa shape index (κ3) is 5.53. The van der Waals surface area contributed by atoms with Crippen molar-refractivity contribution in [3.05, 3.63) is 81.8 Å². The minimum atomic E-state index is -4.49. The fraction of sp³-hybridized carbons (Fsp3) is 0.190. The Kier molecular flexibility index (Phi) is 7.74. The van der Waals surface area contributed by atoms with Crippen molar-refractivity contribution in [1.29, 1.82) is 0 Å². The number of carbonyl (C=O) groups is 1. The number of hydrogen-bond acceptors (Lipinski definition) is 6. The van der Waals surface area contributed by atoms with E-state index in [0.717, 1.165) is 0 Å². The van der Waals surface area contributed by atoms with Gasteiger partial charge in [0.25, 0.3) is 5.91 Å². The molecule has 33 heavy (non-hydrogen) atoms. The highest BCUT2D eigenvalue weighted by Crippen LogP contribution is 2.27. The van der Waals surface area contributed by atoms with Crippen LogP contribution in [0, 0.1) is 17.5 Å². The van der Waals surface area contributed by atoms with Crippen molar-refractivity contribution in [2.75, 3.05) is 7.11 Å². The Balaban J connectivity index is 2.13. The third-order valence-electron chi connectivity index (χ3n) is 4.82. The van der Waals surface area contributed by atoms with Gasteiger partial charge < -0.3 is 4.74 Å². The molecule has 0 saturated heterocycles. The summed E-state index contributed by atoms with van der Waals surface area (Å²) in [5, 5.41) is 11.0. The summed E-state index contributed by atoms with van der Waals surface area (Å²) >= 11 is 1.24. The lowest BCUT2D eigenvalue weighted by Crippen LogP contribution is -2.49. The molecule has 1 aromatic heterocycles. The van der Waals surface area contributed by atoms with Crippen molar-refractivity contribution in [3.63, 3.8) is 0 Å². The molecule has 0 unspecified atom stereocenters. The minimum absolute atomic E-state index is 0.162. The van der Waals surface area contributed by atoms with Gasteiger partial charge in [-0.2, -0.15) is 4.31 Å². The molecule has 0 aliphatic heterocycles. The number of nitrogens with zero attached hydrogens (tertiary/aromatic N) is 1. The smallest absolute Gasteiger partial charge is 0.262 e. The van der Waals surface area contributed by atoms with Crippen LogP contribution in [0.1, 0.15) is 10.4 Å². The van der Waals surface area contributed by atoms with E-state index in [0.29, 0.717) is 27.1 Å². The Morgan fingerprint density at radius 2 is 1.79 bits per heavy atom. The van der Waals surface area contributed by atoms with Crippen LogP contribution in [-0.2, 0) is 27.8 Å². The average molecular weight is 501 g/mol. The van der Waals surface area contributed by atoms with E-state index >= 15 is 0 Å². The average Bonchev–Trinajstić information content (AvgIpc) is 3.32. The first-order valence-electron chi connectivity index (χ1n) is 9.43. The number of sulfonamides is 1. The van der Waals surface area contributed by atoms with Crippen LogP contribution in [0.4, 0.5) is 13.2 Å². The van der Waals surface area contributed by atoms with Gasteiger partial charge in [-0.1, -0.05) is 6.07 Å². The van der Waals surface area contributed by atoms with Crippen molar-refractivity contribution >= 4 is 27.3 Å². The van der Waals surface area contributed by atoms with Gasteiger partial charge in [0.05, 0.1) is 12.0 Å². The summed E-state index contributed by atoms with van der Waals surface area (Å²) in [5.41, 5.74) is 0.940. The molecule has 12 heteroatoms. The van der Waals surface area contributed by atoms with Crippen LogP contribution in [0.25, 0.3) is 0 Å². The second-order valence-corrected chi connectivity index (χ2v) is 9.78. The molecule has 3 rings (SSSR count). The van der Waals surface area contributed by atoms with Gasteiger partial charge in [-0.05, 0) is 41.8 Å². The lowest BCUT2D eigenvalue weighted by Gasteiger charge is -2.29. The normalized spacial score (nSPS) is 12.5. The van der Waals surface area contributed by atoms with Gasteiger partial charge in [-0.3, -0.25) is 10.0 Å². The van der Waals surface area contributed by atoms with E-state index in [2.05, 4.69) is 0 Å². The number of amides is 1. The molecule has 0 radical (unpaired) electrons. The maximum Gasteiger partial charge on any atom is 0.262 e. The summed E-state index contributed by atoms with van der Waals surface area (Å²) in [6.07, 6.45) is -0.162. The number of halogens is 3. The summed E-state index contributed by atoms with van der Waals surface area (Å²) in [7, 11) is -3.10. The number of ether oxygens (including phenoxy) is 1. The number of hydroxylamine groups is 1. The summed E-state index contributed by atoms with van der Waals surface area (Å²) in [6.45, 7) is -0.805. The van der Waals surface area contributed by atoms with E-state index < -0.39 is 51.5 Å². The van der Waals surface area contributed by atoms with Crippen LogP contribution in [0.3, 0.4) is 0 Å². The molecule has 0 saturated carbocycles. The molecule has 1 heterocycles. The second-order valence-electron chi connectivity index (χ2n) is 6.86. The number of rotatable bonds is 9. The molecule has 0 aliphatic carbocycles. The second kappa shape index (κ2) is 10.3. The topological polar surface area (TPSA) is 95.9 Å². The van der Waals surface area contributed by atoms with Gasteiger partial charge in [0.1, 0.15) is 17.6 Å². The van der Waals surface area contributed by atoms with E-state index in [9.17, 15) is 31.6 Å². The fourth-order valence-electron chi connectivity index (χ4n) is 3.12. The molecule has 0 spiro atoms. The van der Waals surface area contributed by atoms with E-state index in [1.54, 1.807) is 17.5 Å². The highest BCUT2D eigenvalue weighted by atomic mass is 32.2. The zero-order valence-corrected chi connectivity index (χ0v) is 18.8. The van der Waals surface area contributed by atoms with Gasteiger partial charge in [-0.25, -0.2) is 27.1 Å². The Bertz CT molecular complexity index is 1220. The Hall–Kier alpha value is -2.93. The largest absolute Gasteiger partial charge is 0.497 e. The first-order chi connectivity index (χ1) is 15.7. The number of nitrogens with one attached hydrogen (secondary N) is 1. The van der Waals surface area contributed by atoms with Crippen molar-refractivity contribution in [2.45, 2.75) is 23.9 Å². The first kappa shape index (κ1) is 24.7. The Labute approximate surface area is 192 Å².